The van der Waals surface area contributed by atoms with Crippen LogP contribution in [0.3, 0.4) is 0 Å². The number of ether oxygens (including phenoxy) is 1. The molecule has 3 heterocycles. The number of halogens is 2. The molecule has 37 heavy (non-hydrogen) atoms. The van der Waals surface area contributed by atoms with E-state index in [4.69, 9.17) is 10.5 Å². The molecule has 0 bridgehead atoms. The quantitative estimate of drug-likeness (QED) is 0.127. The number of hydrogen-bond donors (Lipinski definition) is 7. The van der Waals surface area contributed by atoms with Gasteiger partial charge < -0.3 is 40.3 Å². The lowest BCUT2D eigenvalue weighted by atomic mass is 10.1. The molecule has 1 aliphatic heterocycles. The van der Waals surface area contributed by atoms with Crippen molar-refractivity contribution in [1.82, 2.24) is 19.5 Å². The van der Waals surface area contributed by atoms with E-state index in [0.29, 0.717) is 12.2 Å². The highest BCUT2D eigenvalue weighted by Gasteiger charge is 2.61. The number of rotatable bonds is 11. The fraction of sp³-hybridized carbons (Fsp3) is 0.667. The van der Waals surface area contributed by atoms with E-state index in [1.165, 1.54) is 10.9 Å². The van der Waals surface area contributed by atoms with Crippen molar-refractivity contribution < 1.29 is 57.1 Å². The van der Waals surface area contributed by atoms with Crippen LogP contribution in [0.1, 0.15) is 31.8 Å². The molecule has 1 saturated heterocycles. The summed E-state index contributed by atoms with van der Waals surface area (Å²) < 4.78 is 48.4. The minimum absolute atomic E-state index is 0.0968. The second-order valence-corrected chi connectivity index (χ2v) is 19.5. The summed E-state index contributed by atoms with van der Waals surface area (Å²) in [7, 11) is -16.5. The smallest absolute Gasteiger partial charge is 0.387 e. The molecule has 0 aromatic carbocycles. The molecule has 2 aromatic rings. The molecule has 0 spiro atoms. The Morgan fingerprint density at radius 2 is 1.81 bits per heavy atom. The molecule has 1 aliphatic rings. The van der Waals surface area contributed by atoms with Crippen LogP contribution in [0.2, 0.25) is 0 Å². The molecule has 0 aliphatic carbocycles. The van der Waals surface area contributed by atoms with Crippen molar-refractivity contribution in [2.45, 2.75) is 53.4 Å². The number of fused-ring (bicyclic) bond motifs is 1. The number of aryl methyl sites for hydroxylation is 1. The van der Waals surface area contributed by atoms with Crippen molar-refractivity contribution in [3.05, 3.63) is 12.2 Å². The number of aliphatic hydroxyl groups is 2. The molecular formula is C15H24Br2N5O12P3. The van der Waals surface area contributed by atoms with E-state index in [9.17, 15) is 43.5 Å². The molecular weight excluding hydrogens is 695 g/mol. The van der Waals surface area contributed by atoms with Crippen LogP contribution in [0.4, 0.5) is 5.82 Å². The molecule has 1 fully saturated rings. The fourth-order valence-corrected chi connectivity index (χ4v) is 8.11. The summed E-state index contributed by atoms with van der Waals surface area (Å²) in [5.74, 6) is 0.526. The number of phosphoric acid groups is 1. The van der Waals surface area contributed by atoms with Gasteiger partial charge in [0, 0.05) is 6.42 Å². The highest BCUT2D eigenvalue weighted by atomic mass is 79.9. The maximum atomic E-state index is 12.2. The normalized spacial score (nSPS) is 26.3. The van der Waals surface area contributed by atoms with Crippen LogP contribution in [0, 0.1) is 0 Å². The van der Waals surface area contributed by atoms with E-state index in [1.54, 1.807) is 0 Å². The van der Waals surface area contributed by atoms with Gasteiger partial charge in [-0.15, -0.1) is 0 Å². The highest BCUT2D eigenvalue weighted by molar-refractivity contribution is 9.29. The topological polar surface area (TPSA) is 270 Å². The summed E-state index contributed by atoms with van der Waals surface area (Å²) >= 11 is 4.57. The van der Waals surface area contributed by atoms with Gasteiger partial charge in [0.2, 0.25) is 0 Å². The Bertz CT molecular complexity index is 1290. The minimum atomic E-state index is -5.58. The zero-order chi connectivity index (χ0) is 28.0. The Morgan fingerprint density at radius 1 is 1.16 bits per heavy atom. The van der Waals surface area contributed by atoms with Gasteiger partial charge in [-0.05, 0) is 38.3 Å². The molecule has 0 amide bonds. The lowest BCUT2D eigenvalue weighted by Gasteiger charge is -2.27. The molecule has 22 heteroatoms. The summed E-state index contributed by atoms with van der Waals surface area (Å²) in [5, 5.41) is 21.0. The van der Waals surface area contributed by atoms with Crippen LogP contribution in [-0.2, 0) is 33.7 Å². The Balaban J connectivity index is 1.76. The Labute approximate surface area is 225 Å². The number of aromatic nitrogens is 4. The first-order valence-corrected chi connectivity index (χ1v) is 16.6. The first-order chi connectivity index (χ1) is 16.9. The average molecular weight is 719 g/mol. The van der Waals surface area contributed by atoms with Gasteiger partial charge in [0.15, 0.2) is 17.7 Å². The molecule has 17 nitrogen and oxygen atoms in total. The molecule has 2 unspecified atom stereocenters. The number of hydrogen-bond acceptors (Lipinski definition) is 12. The number of anilines is 1. The van der Waals surface area contributed by atoms with Crippen LogP contribution in [-0.4, -0.2) is 76.9 Å². The van der Waals surface area contributed by atoms with Crippen molar-refractivity contribution in [1.29, 1.82) is 0 Å². The van der Waals surface area contributed by atoms with Crippen molar-refractivity contribution >= 4 is 71.9 Å². The maximum absolute atomic E-state index is 12.2. The highest BCUT2D eigenvalue weighted by Crippen LogP contribution is 2.81. The third-order valence-electron chi connectivity index (χ3n) is 5.17. The van der Waals surface area contributed by atoms with Crippen LogP contribution >= 0.6 is 54.9 Å². The van der Waals surface area contributed by atoms with Gasteiger partial charge >= 0.3 is 23.0 Å². The van der Waals surface area contributed by atoms with Gasteiger partial charge in [0.05, 0.1) is 12.9 Å². The van der Waals surface area contributed by atoms with Crippen LogP contribution in [0.25, 0.3) is 11.2 Å². The van der Waals surface area contributed by atoms with Crippen LogP contribution in [0.15, 0.2) is 6.33 Å². The van der Waals surface area contributed by atoms with Crippen molar-refractivity contribution in [3.8, 4) is 0 Å². The number of unbranched alkanes of at least 4 members (excludes halogenated alkanes) is 1. The van der Waals surface area contributed by atoms with Gasteiger partial charge in [0.25, 0.3) is 2.72 Å². The first-order valence-electron chi connectivity index (χ1n) is 10.4. The third-order valence-corrected chi connectivity index (χ3v) is 15.7. The summed E-state index contributed by atoms with van der Waals surface area (Å²) in [6.07, 6.45) is -2.58. The average Bonchev–Trinajstić information content (AvgIpc) is 3.31. The zero-order valence-corrected chi connectivity index (χ0v) is 24.7. The van der Waals surface area contributed by atoms with Gasteiger partial charge in [0.1, 0.15) is 29.7 Å². The monoisotopic (exact) mass is 717 g/mol. The summed E-state index contributed by atoms with van der Waals surface area (Å²) in [5.41, 5.74) is 6.39. The number of phosphoric ester groups is 1. The molecule has 3 rings (SSSR count). The van der Waals surface area contributed by atoms with E-state index in [2.05, 4.69) is 55.6 Å². The lowest BCUT2D eigenvalue weighted by Crippen LogP contribution is -2.33. The molecule has 0 radical (unpaired) electrons. The van der Waals surface area contributed by atoms with Gasteiger partial charge in [-0.3, -0.25) is 18.2 Å². The van der Waals surface area contributed by atoms with E-state index < -0.39 is 56.9 Å². The van der Waals surface area contributed by atoms with Crippen molar-refractivity contribution in [2.24, 2.45) is 0 Å². The summed E-state index contributed by atoms with van der Waals surface area (Å²) in [6, 6.07) is 0. The summed E-state index contributed by atoms with van der Waals surface area (Å²) in [6.45, 7) is 1.05. The van der Waals surface area contributed by atoms with Crippen molar-refractivity contribution in [2.75, 3.05) is 12.3 Å². The molecule has 8 N–H and O–H groups in total. The van der Waals surface area contributed by atoms with E-state index >= 15 is 0 Å². The number of alkyl halides is 2. The SMILES string of the molecule is CCCCc1nc(N)c2ncn([C@@H]3O[C@H](COP(=O)(O)OP(=O)(O)C(Br)(Br)P(=O)(O)O)[C@@H](O)[C@H]3O)c2n1. The lowest BCUT2D eigenvalue weighted by molar-refractivity contribution is -0.0502. The van der Waals surface area contributed by atoms with Crippen molar-refractivity contribution in [3.63, 3.8) is 0 Å². The fourth-order valence-electron chi connectivity index (χ4n) is 3.26. The van der Waals surface area contributed by atoms with Gasteiger partial charge in [-0.2, -0.15) is 0 Å². The predicted octanol–water partition coefficient (Wildman–Crippen LogP) is 1.27. The van der Waals surface area contributed by atoms with E-state index in [1.807, 2.05) is 6.92 Å². The second kappa shape index (κ2) is 11.3. The molecule has 6 atom stereocenters. The number of nitrogens with zero attached hydrogens (tertiary/aromatic N) is 4. The van der Waals surface area contributed by atoms with Gasteiger partial charge in [-0.25, -0.2) is 23.8 Å². The standard InChI is InChI=1S/C15H24Br2N5O12P3/c1-2-3-4-8-20-12(18)9-13(21-8)22(6-19-9)14-11(24)10(23)7(33-14)5-32-37(30,31)34-36(28,29)15(16,17)35(25,26)27/h6-7,10-11,14,23-24H,2-5H2,1H3,(H,28,29)(H,30,31)(H2,18,20,21)(H2,25,26,27)/t7-,10-,11-,14-/m1/s1. The predicted molar refractivity (Wildman–Crippen MR) is 134 cm³/mol. The largest absolute Gasteiger partial charge is 0.479 e. The first kappa shape index (κ1) is 31.2. The maximum Gasteiger partial charge on any atom is 0.479 e. The second-order valence-electron chi connectivity index (χ2n) is 7.92. The Kier molecular flexibility index (Phi) is 9.48. The number of imidazole rings is 1. The number of nitrogens with two attached hydrogens (primary N) is 1. The van der Waals surface area contributed by atoms with Crippen LogP contribution < -0.4 is 5.73 Å². The third kappa shape index (κ3) is 6.52. The van der Waals surface area contributed by atoms with E-state index in [0.717, 1.165) is 12.8 Å². The molecule has 210 valence electrons. The Hall–Kier alpha value is -0.360. The molecule has 2 aromatic heterocycles. The number of aliphatic hydroxyl groups excluding tert-OH is 2. The minimum Gasteiger partial charge on any atom is -0.387 e. The van der Waals surface area contributed by atoms with E-state index in [-0.39, 0.29) is 17.0 Å². The Morgan fingerprint density at radius 3 is 2.41 bits per heavy atom. The molecule has 0 saturated carbocycles. The van der Waals surface area contributed by atoms with Gasteiger partial charge in [-0.1, -0.05) is 13.3 Å². The number of nitrogen functional groups attached to an aromatic ring is 1. The zero-order valence-electron chi connectivity index (χ0n) is 18.8. The van der Waals surface area contributed by atoms with Crippen LogP contribution in [0.5, 0.6) is 0 Å². The summed E-state index contributed by atoms with van der Waals surface area (Å²) in [4.78, 5) is 50.8.